The number of benzene rings is 3. The van der Waals surface area contributed by atoms with Gasteiger partial charge < -0.3 is 28.8 Å². The van der Waals surface area contributed by atoms with Gasteiger partial charge in [0.15, 0.2) is 5.43 Å². The largest absolute Gasteiger partial charge is 0.507 e. The van der Waals surface area contributed by atoms with E-state index >= 15 is 0 Å². The quantitative estimate of drug-likeness (QED) is 0.306. The number of fused-ring (bicyclic) bond motifs is 1. The molecule has 3 heterocycles. The van der Waals surface area contributed by atoms with Crippen LogP contribution in [0.5, 0.6) is 23.1 Å². The number of hydrogen-bond donors (Lipinski definition) is 1. The molecular formula is C31H28N4O5. The zero-order valence-corrected chi connectivity index (χ0v) is 22.2. The number of aromatic nitrogens is 2. The van der Waals surface area contributed by atoms with E-state index in [0.717, 1.165) is 49.0 Å². The Labute approximate surface area is 230 Å². The number of hydrogen-bond acceptors (Lipinski definition) is 9. The first kappa shape index (κ1) is 25.2. The SMILES string of the molecule is COc1ccc(N2CCN(c3cc(Oc4cc(O)c5c(=O)cc(-c6ccccc6)oc5c4)nc(C)n3)CC2)cc1. The van der Waals surface area contributed by atoms with Crippen LogP contribution < -0.4 is 24.7 Å². The van der Waals surface area contributed by atoms with E-state index < -0.39 is 0 Å². The van der Waals surface area contributed by atoms with Gasteiger partial charge in [-0.3, -0.25) is 4.79 Å². The van der Waals surface area contributed by atoms with E-state index in [4.69, 9.17) is 13.9 Å². The van der Waals surface area contributed by atoms with Crippen LogP contribution in [-0.2, 0) is 0 Å². The molecule has 0 unspecified atom stereocenters. The summed E-state index contributed by atoms with van der Waals surface area (Å²) in [5.74, 6) is 2.98. The topological polar surface area (TPSA) is 101 Å². The maximum Gasteiger partial charge on any atom is 0.224 e. The van der Waals surface area contributed by atoms with E-state index in [1.54, 1.807) is 19.2 Å². The summed E-state index contributed by atoms with van der Waals surface area (Å²) in [6.45, 7) is 5.06. The molecule has 202 valence electrons. The molecule has 0 saturated carbocycles. The molecule has 3 aromatic carbocycles. The third-order valence-corrected chi connectivity index (χ3v) is 6.91. The van der Waals surface area contributed by atoms with Crippen LogP contribution in [0.1, 0.15) is 5.82 Å². The lowest BCUT2D eigenvalue weighted by Crippen LogP contribution is -2.46. The molecule has 6 rings (SSSR count). The van der Waals surface area contributed by atoms with Gasteiger partial charge in [-0.25, -0.2) is 4.98 Å². The lowest BCUT2D eigenvalue weighted by atomic mass is 10.1. The minimum atomic E-state index is -0.335. The van der Waals surface area contributed by atoms with Gasteiger partial charge in [0, 0.05) is 61.7 Å². The number of rotatable bonds is 6. The molecule has 1 saturated heterocycles. The molecule has 1 fully saturated rings. The third-order valence-electron chi connectivity index (χ3n) is 6.91. The van der Waals surface area contributed by atoms with Crippen molar-refractivity contribution < 1.29 is 19.0 Å². The molecule has 1 aliphatic rings. The van der Waals surface area contributed by atoms with E-state index in [1.807, 2.05) is 49.4 Å². The predicted octanol–water partition coefficient (Wildman–Crippen LogP) is 5.39. The highest BCUT2D eigenvalue weighted by Crippen LogP contribution is 2.33. The molecule has 5 aromatic rings. The summed E-state index contributed by atoms with van der Waals surface area (Å²) < 4.78 is 17.3. The van der Waals surface area contributed by atoms with E-state index in [0.29, 0.717) is 23.2 Å². The number of anilines is 2. The zero-order valence-electron chi connectivity index (χ0n) is 22.2. The van der Waals surface area contributed by atoms with Crippen LogP contribution in [0.25, 0.3) is 22.3 Å². The van der Waals surface area contributed by atoms with Crippen LogP contribution in [0.2, 0.25) is 0 Å². The van der Waals surface area contributed by atoms with Crippen molar-refractivity contribution in [1.29, 1.82) is 0 Å². The van der Waals surface area contributed by atoms with Crippen molar-refractivity contribution in [3.8, 4) is 34.5 Å². The average molecular weight is 537 g/mol. The van der Waals surface area contributed by atoms with Gasteiger partial charge in [0.2, 0.25) is 5.88 Å². The van der Waals surface area contributed by atoms with Crippen LogP contribution in [0.4, 0.5) is 11.5 Å². The van der Waals surface area contributed by atoms with Gasteiger partial charge in [-0.05, 0) is 31.2 Å². The summed E-state index contributed by atoms with van der Waals surface area (Å²) in [6.07, 6.45) is 0. The first-order chi connectivity index (χ1) is 19.5. The van der Waals surface area contributed by atoms with Crippen LogP contribution in [0.15, 0.2) is 88.1 Å². The van der Waals surface area contributed by atoms with Gasteiger partial charge >= 0.3 is 0 Å². The fourth-order valence-corrected chi connectivity index (χ4v) is 4.89. The summed E-state index contributed by atoms with van der Waals surface area (Å²) in [5.41, 5.74) is 1.80. The number of ether oxygens (including phenoxy) is 2. The summed E-state index contributed by atoms with van der Waals surface area (Å²) >= 11 is 0. The molecule has 1 aliphatic heterocycles. The van der Waals surface area contributed by atoms with Crippen molar-refractivity contribution in [2.45, 2.75) is 6.92 Å². The first-order valence-corrected chi connectivity index (χ1v) is 13.0. The van der Waals surface area contributed by atoms with Crippen molar-refractivity contribution in [2.24, 2.45) is 0 Å². The molecule has 0 aliphatic carbocycles. The van der Waals surface area contributed by atoms with Gasteiger partial charge in [-0.15, -0.1) is 0 Å². The van der Waals surface area contributed by atoms with Crippen LogP contribution in [0.3, 0.4) is 0 Å². The zero-order chi connectivity index (χ0) is 27.6. The van der Waals surface area contributed by atoms with Crippen molar-refractivity contribution in [3.05, 3.63) is 94.9 Å². The minimum absolute atomic E-state index is 0.0984. The van der Waals surface area contributed by atoms with Gasteiger partial charge in [-0.1, -0.05) is 30.3 Å². The fourth-order valence-electron chi connectivity index (χ4n) is 4.89. The molecule has 0 radical (unpaired) electrons. The number of aryl methyl sites for hydroxylation is 1. The maximum absolute atomic E-state index is 12.8. The second kappa shape index (κ2) is 10.6. The molecule has 1 N–H and O–H groups in total. The maximum atomic E-state index is 12.8. The summed E-state index contributed by atoms with van der Waals surface area (Å²) in [7, 11) is 1.66. The van der Waals surface area contributed by atoms with Crippen molar-refractivity contribution in [2.75, 3.05) is 43.1 Å². The summed E-state index contributed by atoms with van der Waals surface area (Å²) in [4.78, 5) is 26.4. The predicted molar refractivity (Wildman–Crippen MR) is 154 cm³/mol. The number of aromatic hydroxyl groups is 1. The number of nitrogens with zero attached hydrogens (tertiary/aromatic N) is 4. The van der Waals surface area contributed by atoms with Crippen molar-refractivity contribution >= 4 is 22.5 Å². The molecule has 40 heavy (non-hydrogen) atoms. The average Bonchev–Trinajstić information content (AvgIpc) is 2.97. The Morgan fingerprint density at radius 2 is 1.57 bits per heavy atom. The summed E-state index contributed by atoms with van der Waals surface area (Å²) in [5, 5.41) is 10.7. The second-order valence-electron chi connectivity index (χ2n) is 9.54. The molecule has 0 spiro atoms. The molecule has 9 heteroatoms. The van der Waals surface area contributed by atoms with Gasteiger partial charge in [-0.2, -0.15) is 4.98 Å². The Hall–Kier alpha value is -5.05. The fraction of sp³-hybridized carbons (Fsp3) is 0.194. The Balaban J connectivity index is 1.23. The minimum Gasteiger partial charge on any atom is -0.507 e. The molecule has 2 aromatic heterocycles. The lowest BCUT2D eigenvalue weighted by Gasteiger charge is -2.36. The van der Waals surface area contributed by atoms with Crippen LogP contribution >= 0.6 is 0 Å². The smallest absolute Gasteiger partial charge is 0.224 e. The van der Waals surface area contributed by atoms with E-state index in [1.165, 1.54) is 12.1 Å². The van der Waals surface area contributed by atoms with E-state index in [9.17, 15) is 9.90 Å². The molecule has 0 bridgehead atoms. The lowest BCUT2D eigenvalue weighted by molar-refractivity contribution is 0.415. The van der Waals surface area contributed by atoms with Gasteiger partial charge in [0.1, 0.15) is 45.6 Å². The van der Waals surface area contributed by atoms with Crippen molar-refractivity contribution in [1.82, 2.24) is 9.97 Å². The van der Waals surface area contributed by atoms with Gasteiger partial charge in [0.25, 0.3) is 0 Å². The van der Waals surface area contributed by atoms with E-state index in [2.05, 4.69) is 31.9 Å². The highest BCUT2D eigenvalue weighted by atomic mass is 16.5. The second-order valence-corrected chi connectivity index (χ2v) is 9.54. The third kappa shape index (κ3) is 5.13. The molecule has 0 amide bonds. The number of phenols is 1. The number of methoxy groups -OCH3 is 1. The standard InChI is InChI=1S/C31H28N4O5/c1-20-32-29(35-14-12-34(13-15-35)22-8-10-23(38-2)11-9-22)19-30(33-20)39-24-16-25(36)31-26(37)18-27(40-28(31)17-24)21-6-4-3-5-7-21/h3-11,16-19,36H,12-15H2,1-2H3. The van der Waals surface area contributed by atoms with E-state index in [-0.39, 0.29) is 22.1 Å². The van der Waals surface area contributed by atoms with Crippen molar-refractivity contribution in [3.63, 3.8) is 0 Å². The van der Waals surface area contributed by atoms with Crippen LogP contribution in [-0.4, -0.2) is 48.4 Å². The Bertz CT molecular complexity index is 1710. The monoisotopic (exact) mass is 536 g/mol. The highest BCUT2D eigenvalue weighted by Gasteiger charge is 2.20. The summed E-state index contributed by atoms with van der Waals surface area (Å²) in [6, 6.07) is 23.6. The first-order valence-electron chi connectivity index (χ1n) is 13.0. The Kier molecular flexibility index (Phi) is 6.69. The van der Waals surface area contributed by atoms with Gasteiger partial charge in [0.05, 0.1) is 7.11 Å². The molecular weight excluding hydrogens is 508 g/mol. The number of phenolic OH excluding ortho intramolecular Hbond substituents is 1. The normalized spacial score (nSPS) is 13.4. The molecule has 0 atom stereocenters. The highest BCUT2D eigenvalue weighted by molar-refractivity contribution is 5.86. The Morgan fingerprint density at radius 3 is 2.30 bits per heavy atom. The molecule has 9 nitrogen and oxygen atoms in total. The Morgan fingerprint density at radius 1 is 0.850 bits per heavy atom. The van der Waals surface area contributed by atoms with Crippen LogP contribution in [0, 0.1) is 6.92 Å². The number of piperazine rings is 1.